The van der Waals surface area contributed by atoms with Crippen LogP contribution >= 0.6 is 25.0 Å². The minimum atomic E-state index is -0.747. The van der Waals surface area contributed by atoms with Crippen LogP contribution in [0.4, 0.5) is 0 Å². The molecule has 104 valence electrons. The Morgan fingerprint density at radius 2 is 1.94 bits per heavy atom. The van der Waals surface area contributed by atoms with E-state index in [0.717, 1.165) is 13.0 Å². The lowest BCUT2D eigenvalue weighted by molar-refractivity contribution is -0.136. The van der Waals surface area contributed by atoms with Crippen LogP contribution in [0.25, 0.3) is 0 Å². The molecule has 0 spiro atoms. The zero-order valence-electron chi connectivity index (χ0n) is 10.7. The summed E-state index contributed by atoms with van der Waals surface area (Å²) in [6.07, 6.45) is 7.76. The maximum atomic E-state index is 10.3. The summed E-state index contributed by atoms with van der Waals surface area (Å²) in [4.78, 5) is 10.3. The second kappa shape index (κ2) is 14.1. The molecule has 17 heavy (non-hydrogen) atoms. The Labute approximate surface area is 117 Å². The van der Waals surface area contributed by atoms with Crippen LogP contribution in [0.3, 0.4) is 0 Å². The Morgan fingerprint density at radius 1 is 1.29 bits per heavy atom. The first-order valence-electron chi connectivity index (χ1n) is 6.27. The molecule has 0 aromatic carbocycles. The standard InChI is InChI=1S/C12H25NO2S.ClH/c1-2-3-4-5-6-7-11(16)10-13-9-8-12(14)15;/h11,13,16H,2-10H2,1H3,(H,14,15);1H. The van der Waals surface area contributed by atoms with Crippen molar-refractivity contribution in [2.75, 3.05) is 13.1 Å². The summed E-state index contributed by atoms with van der Waals surface area (Å²) < 4.78 is 0. The van der Waals surface area contributed by atoms with Crippen LogP contribution in [-0.4, -0.2) is 29.4 Å². The van der Waals surface area contributed by atoms with Gasteiger partial charge >= 0.3 is 5.97 Å². The number of unbranched alkanes of at least 4 members (excludes halogenated alkanes) is 4. The molecule has 0 saturated carbocycles. The molecule has 2 N–H and O–H groups in total. The van der Waals surface area contributed by atoms with Crippen molar-refractivity contribution in [2.45, 2.75) is 57.1 Å². The lowest BCUT2D eigenvalue weighted by atomic mass is 10.1. The normalized spacial score (nSPS) is 11.9. The highest BCUT2D eigenvalue weighted by Crippen LogP contribution is 2.10. The molecule has 0 bridgehead atoms. The van der Waals surface area contributed by atoms with Gasteiger partial charge in [0.05, 0.1) is 6.42 Å². The number of thiol groups is 1. The second-order valence-corrected chi connectivity index (χ2v) is 4.93. The van der Waals surface area contributed by atoms with Gasteiger partial charge in [-0.2, -0.15) is 12.6 Å². The number of nitrogens with one attached hydrogen (secondary N) is 1. The van der Waals surface area contributed by atoms with E-state index in [1.807, 2.05) is 0 Å². The Kier molecular flexibility index (Phi) is 16.1. The fraction of sp³-hybridized carbons (Fsp3) is 0.917. The van der Waals surface area contributed by atoms with E-state index in [9.17, 15) is 4.79 Å². The molecule has 1 atom stereocenters. The maximum Gasteiger partial charge on any atom is 0.304 e. The summed E-state index contributed by atoms with van der Waals surface area (Å²) in [7, 11) is 0. The fourth-order valence-electron chi connectivity index (χ4n) is 1.55. The number of hydrogen-bond acceptors (Lipinski definition) is 3. The van der Waals surface area contributed by atoms with Crippen molar-refractivity contribution in [2.24, 2.45) is 0 Å². The van der Waals surface area contributed by atoms with Gasteiger partial charge in [-0.3, -0.25) is 4.79 Å². The molecule has 0 aromatic rings. The maximum absolute atomic E-state index is 10.3. The molecule has 0 rings (SSSR count). The Balaban J connectivity index is 0. The molecule has 0 saturated heterocycles. The quantitative estimate of drug-likeness (QED) is 0.403. The van der Waals surface area contributed by atoms with E-state index in [0.29, 0.717) is 11.8 Å². The van der Waals surface area contributed by atoms with Crippen LogP contribution in [0.15, 0.2) is 0 Å². The summed E-state index contributed by atoms with van der Waals surface area (Å²) in [6, 6.07) is 0. The summed E-state index contributed by atoms with van der Waals surface area (Å²) >= 11 is 4.47. The molecule has 0 aliphatic carbocycles. The molecule has 3 nitrogen and oxygen atoms in total. The molecule has 0 fully saturated rings. The minimum absolute atomic E-state index is 0. The fourth-order valence-corrected chi connectivity index (χ4v) is 1.86. The largest absolute Gasteiger partial charge is 0.481 e. The predicted octanol–water partition coefficient (Wildman–Crippen LogP) is 3.13. The number of rotatable bonds is 11. The third-order valence-corrected chi connectivity index (χ3v) is 2.98. The van der Waals surface area contributed by atoms with Gasteiger partial charge in [0.25, 0.3) is 0 Å². The van der Waals surface area contributed by atoms with Gasteiger partial charge in [0, 0.05) is 18.3 Å². The molecular formula is C12H26ClNO2S. The van der Waals surface area contributed by atoms with Crippen molar-refractivity contribution in [1.82, 2.24) is 5.32 Å². The van der Waals surface area contributed by atoms with Gasteiger partial charge in [0.2, 0.25) is 0 Å². The monoisotopic (exact) mass is 283 g/mol. The average Bonchev–Trinajstić information content (AvgIpc) is 2.24. The SMILES string of the molecule is CCCCCCCC(S)CNCCC(=O)O.Cl. The number of hydrogen-bond donors (Lipinski definition) is 3. The number of carboxylic acid groups (broad SMARTS) is 1. The number of carboxylic acids is 1. The van der Waals surface area contributed by atoms with Crippen molar-refractivity contribution < 1.29 is 9.90 Å². The first kappa shape index (κ1) is 19.4. The number of carbonyl (C=O) groups is 1. The molecule has 0 aromatic heterocycles. The molecular weight excluding hydrogens is 258 g/mol. The Morgan fingerprint density at radius 3 is 2.53 bits per heavy atom. The van der Waals surface area contributed by atoms with E-state index in [1.54, 1.807) is 0 Å². The smallest absolute Gasteiger partial charge is 0.304 e. The summed E-state index contributed by atoms with van der Waals surface area (Å²) in [6.45, 7) is 3.57. The molecule has 0 aliphatic heterocycles. The number of halogens is 1. The molecule has 1 unspecified atom stereocenters. The van der Waals surface area contributed by atoms with Crippen molar-refractivity contribution in [1.29, 1.82) is 0 Å². The molecule has 0 radical (unpaired) electrons. The van der Waals surface area contributed by atoms with Crippen LogP contribution in [0.5, 0.6) is 0 Å². The van der Waals surface area contributed by atoms with Gasteiger partial charge in [-0.1, -0.05) is 39.0 Å². The molecule has 0 aliphatic rings. The summed E-state index contributed by atoms with van der Waals surface area (Å²) in [5.74, 6) is -0.747. The summed E-state index contributed by atoms with van der Waals surface area (Å²) in [5.41, 5.74) is 0. The first-order chi connectivity index (χ1) is 7.66. The van der Waals surface area contributed by atoms with Crippen LogP contribution in [0.2, 0.25) is 0 Å². The summed E-state index contributed by atoms with van der Waals surface area (Å²) in [5, 5.41) is 11.9. The highest BCUT2D eigenvalue weighted by atomic mass is 35.5. The zero-order chi connectivity index (χ0) is 12.2. The average molecular weight is 284 g/mol. The third kappa shape index (κ3) is 16.1. The zero-order valence-corrected chi connectivity index (χ0v) is 12.4. The van der Waals surface area contributed by atoms with Crippen molar-refractivity contribution in [3.63, 3.8) is 0 Å². The van der Waals surface area contributed by atoms with Crippen LogP contribution < -0.4 is 5.32 Å². The van der Waals surface area contributed by atoms with Crippen LogP contribution in [-0.2, 0) is 4.79 Å². The van der Waals surface area contributed by atoms with E-state index in [4.69, 9.17) is 5.11 Å². The van der Waals surface area contributed by atoms with Crippen molar-refractivity contribution >= 4 is 31.0 Å². The van der Waals surface area contributed by atoms with Gasteiger partial charge in [0.1, 0.15) is 0 Å². The van der Waals surface area contributed by atoms with Crippen molar-refractivity contribution in [3.8, 4) is 0 Å². The highest BCUT2D eigenvalue weighted by Gasteiger charge is 2.03. The third-order valence-electron chi connectivity index (χ3n) is 2.54. The Hall–Kier alpha value is 0.0700. The van der Waals surface area contributed by atoms with Crippen LogP contribution in [0, 0.1) is 0 Å². The van der Waals surface area contributed by atoms with Gasteiger partial charge in [-0.15, -0.1) is 12.4 Å². The minimum Gasteiger partial charge on any atom is -0.481 e. The predicted molar refractivity (Wildman–Crippen MR) is 78.5 cm³/mol. The van der Waals surface area contributed by atoms with E-state index in [2.05, 4.69) is 24.9 Å². The van der Waals surface area contributed by atoms with E-state index in [1.165, 1.54) is 32.1 Å². The van der Waals surface area contributed by atoms with Gasteiger partial charge < -0.3 is 10.4 Å². The van der Waals surface area contributed by atoms with E-state index in [-0.39, 0.29) is 18.8 Å². The molecule has 0 amide bonds. The topological polar surface area (TPSA) is 49.3 Å². The number of aliphatic carboxylic acids is 1. The van der Waals surface area contributed by atoms with Gasteiger partial charge in [-0.25, -0.2) is 0 Å². The lowest BCUT2D eigenvalue weighted by Gasteiger charge is -2.11. The van der Waals surface area contributed by atoms with Crippen LogP contribution in [0.1, 0.15) is 51.9 Å². The molecule has 5 heteroatoms. The Bertz CT molecular complexity index is 182. The van der Waals surface area contributed by atoms with Gasteiger partial charge in [-0.05, 0) is 6.42 Å². The van der Waals surface area contributed by atoms with Crippen molar-refractivity contribution in [3.05, 3.63) is 0 Å². The first-order valence-corrected chi connectivity index (χ1v) is 6.79. The lowest BCUT2D eigenvalue weighted by Crippen LogP contribution is -2.25. The van der Waals surface area contributed by atoms with E-state index < -0.39 is 5.97 Å². The van der Waals surface area contributed by atoms with Gasteiger partial charge in [0.15, 0.2) is 0 Å². The van der Waals surface area contributed by atoms with E-state index >= 15 is 0 Å². The molecule has 0 heterocycles. The second-order valence-electron chi connectivity index (χ2n) is 4.20. The highest BCUT2D eigenvalue weighted by molar-refractivity contribution is 7.81.